The molecule has 0 unspecified atom stereocenters. The summed E-state index contributed by atoms with van der Waals surface area (Å²) in [6, 6.07) is 6.81. The van der Waals surface area contributed by atoms with E-state index in [1.807, 2.05) is 24.3 Å². The van der Waals surface area contributed by atoms with Crippen molar-refractivity contribution in [2.24, 2.45) is 0 Å². The number of nitrogens with one attached hydrogen (secondary N) is 3. The van der Waals surface area contributed by atoms with E-state index in [9.17, 15) is 18.0 Å². The second-order valence-electron chi connectivity index (χ2n) is 6.59. The second-order valence-corrected chi connectivity index (χ2v) is 8.03. The van der Waals surface area contributed by atoms with Gasteiger partial charge in [0.2, 0.25) is 11.8 Å². The highest BCUT2D eigenvalue weighted by Crippen LogP contribution is 2.21. The lowest BCUT2D eigenvalue weighted by Crippen LogP contribution is -2.50. The lowest BCUT2D eigenvalue weighted by Gasteiger charge is -2.25. The molecule has 0 fully saturated rings. The average molecular weight is 369 g/mol. The van der Waals surface area contributed by atoms with E-state index >= 15 is 0 Å². The van der Waals surface area contributed by atoms with E-state index in [2.05, 4.69) is 19.5 Å². The van der Waals surface area contributed by atoms with Crippen molar-refractivity contribution in [1.82, 2.24) is 10.0 Å². The molecule has 2 amide bonds. The Hall–Kier alpha value is -1.97. The highest BCUT2D eigenvalue weighted by atomic mass is 32.2. The third kappa shape index (κ3) is 5.52. The average Bonchev–Trinajstić information content (AvgIpc) is 2.65. The van der Waals surface area contributed by atoms with Gasteiger partial charge >= 0.3 is 10.3 Å². The highest BCUT2D eigenvalue weighted by molar-refractivity contribution is 7.84. The van der Waals surface area contributed by atoms with E-state index in [-0.39, 0.29) is 12.3 Å². The standard InChI is InChI=1S/C16H23N3O5S/c1-16(2,19-25(22,23)24-3)10-14(20)17-13-9-8-11-6-4-5-7-12(11)18-15(13)21/h4-7,13,19H,8-10H2,1-3H3,(H,17,20)(H,18,21)/t13-/m1/s1. The molecule has 0 spiro atoms. The van der Waals surface area contributed by atoms with Crippen LogP contribution >= 0.6 is 0 Å². The van der Waals surface area contributed by atoms with Crippen molar-refractivity contribution in [3.8, 4) is 0 Å². The molecule has 2 rings (SSSR count). The van der Waals surface area contributed by atoms with Crippen LogP contribution < -0.4 is 15.4 Å². The summed E-state index contributed by atoms with van der Waals surface area (Å²) in [4.78, 5) is 24.6. The van der Waals surface area contributed by atoms with Crippen molar-refractivity contribution >= 4 is 27.8 Å². The molecule has 8 nitrogen and oxygen atoms in total. The maximum absolute atomic E-state index is 12.3. The van der Waals surface area contributed by atoms with Crippen LogP contribution in [-0.4, -0.2) is 38.9 Å². The first kappa shape index (κ1) is 19.4. The first-order valence-corrected chi connectivity index (χ1v) is 9.30. The molecule has 0 radical (unpaired) electrons. The number of carbonyl (C=O) groups is 2. The quantitative estimate of drug-likeness (QED) is 0.683. The molecule has 1 atom stereocenters. The van der Waals surface area contributed by atoms with Gasteiger partial charge in [0.1, 0.15) is 6.04 Å². The van der Waals surface area contributed by atoms with E-state index < -0.39 is 27.8 Å². The molecule has 0 saturated carbocycles. The number of carbonyl (C=O) groups excluding carboxylic acids is 2. The Labute approximate surface area is 147 Å². The van der Waals surface area contributed by atoms with Crippen LogP contribution in [0.5, 0.6) is 0 Å². The molecule has 0 saturated heterocycles. The molecule has 9 heteroatoms. The fraction of sp³-hybridized carbons (Fsp3) is 0.500. The number of hydrogen-bond acceptors (Lipinski definition) is 5. The van der Waals surface area contributed by atoms with Gasteiger partial charge in [-0.3, -0.25) is 13.8 Å². The van der Waals surface area contributed by atoms with Gasteiger partial charge in [0, 0.05) is 17.6 Å². The molecule has 1 aliphatic rings. The SMILES string of the molecule is COS(=O)(=O)NC(C)(C)CC(=O)N[C@@H]1CCc2ccccc2NC1=O. The zero-order valence-corrected chi connectivity index (χ0v) is 15.3. The van der Waals surface area contributed by atoms with Crippen molar-refractivity contribution in [1.29, 1.82) is 0 Å². The molecule has 3 N–H and O–H groups in total. The Balaban J connectivity index is 1.98. The monoisotopic (exact) mass is 369 g/mol. The Morgan fingerprint density at radius 2 is 2.04 bits per heavy atom. The van der Waals surface area contributed by atoms with Gasteiger partial charge in [-0.15, -0.1) is 0 Å². The number of anilines is 1. The Kier molecular flexibility index (Phi) is 5.81. The molecule has 0 bridgehead atoms. The van der Waals surface area contributed by atoms with Gasteiger partial charge in [0.15, 0.2) is 0 Å². The predicted molar refractivity (Wildman–Crippen MR) is 93.1 cm³/mol. The summed E-state index contributed by atoms with van der Waals surface area (Å²) in [6.07, 6.45) is 0.991. The third-order valence-corrected chi connectivity index (χ3v) is 5.09. The van der Waals surface area contributed by atoms with Gasteiger partial charge in [-0.05, 0) is 38.3 Å². The van der Waals surface area contributed by atoms with Crippen LogP contribution in [0.15, 0.2) is 24.3 Å². The Morgan fingerprint density at radius 1 is 1.36 bits per heavy atom. The maximum Gasteiger partial charge on any atom is 0.336 e. The van der Waals surface area contributed by atoms with E-state index in [4.69, 9.17) is 0 Å². The molecule has 25 heavy (non-hydrogen) atoms. The molecule has 0 aromatic heterocycles. The molecule has 1 aromatic carbocycles. The lowest BCUT2D eigenvalue weighted by atomic mass is 10.0. The zero-order valence-electron chi connectivity index (χ0n) is 14.5. The van der Waals surface area contributed by atoms with Gasteiger partial charge in [-0.25, -0.2) is 0 Å². The topological polar surface area (TPSA) is 114 Å². The largest absolute Gasteiger partial charge is 0.344 e. The van der Waals surface area contributed by atoms with E-state index in [1.165, 1.54) is 0 Å². The molecule has 138 valence electrons. The minimum Gasteiger partial charge on any atom is -0.344 e. The second kappa shape index (κ2) is 7.51. The number of para-hydroxylation sites is 1. The van der Waals surface area contributed by atoms with Crippen molar-refractivity contribution in [3.05, 3.63) is 29.8 Å². The van der Waals surface area contributed by atoms with Gasteiger partial charge in [0.05, 0.1) is 7.11 Å². The maximum atomic E-state index is 12.3. The molecule has 1 heterocycles. The summed E-state index contributed by atoms with van der Waals surface area (Å²) in [5.74, 6) is -0.705. The predicted octanol–water partition coefficient (Wildman–Crippen LogP) is 0.706. The van der Waals surface area contributed by atoms with Crippen LogP contribution in [0.3, 0.4) is 0 Å². The lowest BCUT2D eigenvalue weighted by molar-refractivity contribution is -0.127. The van der Waals surface area contributed by atoms with Crippen LogP contribution in [0.4, 0.5) is 5.69 Å². The van der Waals surface area contributed by atoms with Crippen molar-refractivity contribution in [2.45, 2.75) is 44.7 Å². The van der Waals surface area contributed by atoms with Crippen molar-refractivity contribution in [3.63, 3.8) is 0 Å². The smallest absolute Gasteiger partial charge is 0.336 e. The minimum absolute atomic E-state index is 0.133. The van der Waals surface area contributed by atoms with Gasteiger partial charge in [-0.1, -0.05) is 18.2 Å². The van der Waals surface area contributed by atoms with Crippen LogP contribution in [0, 0.1) is 0 Å². The molecular weight excluding hydrogens is 346 g/mol. The summed E-state index contributed by atoms with van der Waals surface area (Å²) in [5.41, 5.74) is 0.710. The number of benzene rings is 1. The normalized spacial score (nSPS) is 18.0. The number of rotatable bonds is 6. The fourth-order valence-corrected chi connectivity index (χ4v) is 3.54. The molecule has 1 aromatic rings. The summed E-state index contributed by atoms with van der Waals surface area (Å²) in [6.45, 7) is 3.12. The fourth-order valence-electron chi connectivity index (χ4n) is 2.71. The van der Waals surface area contributed by atoms with Crippen LogP contribution in [0.25, 0.3) is 0 Å². The number of aryl methyl sites for hydroxylation is 1. The van der Waals surface area contributed by atoms with Gasteiger partial charge < -0.3 is 10.6 Å². The summed E-state index contributed by atoms with van der Waals surface area (Å²) < 4.78 is 29.6. The van der Waals surface area contributed by atoms with Gasteiger partial charge in [0.25, 0.3) is 0 Å². The summed E-state index contributed by atoms with van der Waals surface area (Å²) in [5, 5.41) is 5.48. The first-order valence-electron chi connectivity index (χ1n) is 7.89. The first-order chi connectivity index (χ1) is 11.6. The van der Waals surface area contributed by atoms with Gasteiger partial charge in [-0.2, -0.15) is 13.1 Å². The highest BCUT2D eigenvalue weighted by Gasteiger charge is 2.30. The van der Waals surface area contributed by atoms with E-state index in [1.54, 1.807) is 13.8 Å². The summed E-state index contributed by atoms with van der Waals surface area (Å²) in [7, 11) is -2.88. The van der Waals surface area contributed by atoms with Crippen molar-refractivity contribution < 1.29 is 22.2 Å². The van der Waals surface area contributed by atoms with Crippen LogP contribution in [0.2, 0.25) is 0 Å². The van der Waals surface area contributed by atoms with Crippen molar-refractivity contribution in [2.75, 3.05) is 12.4 Å². The number of fused-ring (bicyclic) bond motifs is 1. The Morgan fingerprint density at radius 3 is 2.72 bits per heavy atom. The Bertz CT molecular complexity index is 761. The minimum atomic E-state index is -3.92. The molecular formula is C16H23N3O5S. The van der Waals surface area contributed by atoms with E-state index in [0.29, 0.717) is 12.8 Å². The number of hydrogen-bond donors (Lipinski definition) is 3. The number of amides is 2. The van der Waals surface area contributed by atoms with Crippen LogP contribution in [0.1, 0.15) is 32.3 Å². The molecule has 1 aliphatic heterocycles. The molecule has 0 aliphatic carbocycles. The zero-order chi connectivity index (χ0) is 18.7. The van der Waals surface area contributed by atoms with E-state index in [0.717, 1.165) is 18.4 Å². The third-order valence-electron chi connectivity index (χ3n) is 3.85. The van der Waals surface area contributed by atoms with Crippen LogP contribution in [-0.2, 0) is 30.5 Å². The summed E-state index contributed by atoms with van der Waals surface area (Å²) >= 11 is 0.